The van der Waals surface area contributed by atoms with Crippen LogP contribution in [0.1, 0.15) is 25.3 Å². The molecule has 0 atom stereocenters. The van der Waals surface area contributed by atoms with E-state index in [0.717, 1.165) is 25.9 Å². The fourth-order valence-electron chi connectivity index (χ4n) is 1.55. The quantitative estimate of drug-likeness (QED) is 0.541. The number of nitrogens with zero attached hydrogens (tertiary/aromatic N) is 2. The summed E-state index contributed by atoms with van der Waals surface area (Å²) < 4.78 is 6.64. The first-order valence-corrected chi connectivity index (χ1v) is 6.06. The van der Waals surface area contributed by atoms with E-state index in [1.165, 1.54) is 5.56 Å². The number of aromatic nitrogens is 2. The lowest BCUT2D eigenvalue weighted by Gasteiger charge is -2.03. The van der Waals surface area contributed by atoms with Crippen molar-refractivity contribution in [1.29, 1.82) is 0 Å². The molecule has 0 fully saturated rings. The number of carbonyl (C=O) groups excluding carboxylic acids is 1. The highest BCUT2D eigenvalue weighted by Crippen LogP contribution is 1.96. The highest BCUT2D eigenvalue weighted by molar-refractivity contribution is 5.69. The molecular formula is C12H21N3O2. The van der Waals surface area contributed by atoms with Crippen LogP contribution < -0.4 is 5.32 Å². The van der Waals surface area contributed by atoms with Crippen LogP contribution in [0.15, 0.2) is 12.4 Å². The number of carbonyl (C=O) groups is 1. The van der Waals surface area contributed by atoms with Crippen molar-refractivity contribution in [3.63, 3.8) is 0 Å². The Hall–Kier alpha value is -1.36. The number of hydrogen-bond acceptors (Lipinski definition) is 4. The molecule has 17 heavy (non-hydrogen) atoms. The zero-order valence-electron chi connectivity index (χ0n) is 10.6. The molecule has 0 aliphatic rings. The van der Waals surface area contributed by atoms with Crippen LogP contribution >= 0.6 is 0 Å². The predicted molar refractivity (Wildman–Crippen MR) is 65.6 cm³/mol. The zero-order chi connectivity index (χ0) is 12.5. The molecule has 0 saturated carbocycles. The molecule has 96 valence electrons. The molecule has 0 aromatic carbocycles. The third-order valence-electron chi connectivity index (χ3n) is 2.39. The minimum Gasteiger partial charge on any atom is -0.466 e. The number of nitrogens with one attached hydrogen (secondary N) is 1. The molecule has 0 aliphatic carbocycles. The summed E-state index contributed by atoms with van der Waals surface area (Å²) in [6, 6.07) is 0. The van der Waals surface area contributed by atoms with Crippen molar-refractivity contribution in [2.75, 3.05) is 19.7 Å². The maximum absolute atomic E-state index is 11.0. The van der Waals surface area contributed by atoms with Gasteiger partial charge in [-0.3, -0.25) is 9.48 Å². The average Bonchev–Trinajstić information content (AvgIpc) is 2.70. The van der Waals surface area contributed by atoms with Crippen molar-refractivity contribution in [2.45, 2.75) is 26.2 Å². The van der Waals surface area contributed by atoms with E-state index in [2.05, 4.69) is 10.4 Å². The Morgan fingerprint density at radius 2 is 2.35 bits per heavy atom. The summed E-state index contributed by atoms with van der Waals surface area (Å²) in [5.74, 6) is -0.110. The summed E-state index contributed by atoms with van der Waals surface area (Å²) in [5, 5.41) is 7.40. The van der Waals surface area contributed by atoms with E-state index in [9.17, 15) is 4.79 Å². The van der Waals surface area contributed by atoms with Crippen LogP contribution in [-0.4, -0.2) is 35.4 Å². The number of aryl methyl sites for hydroxylation is 1. The first-order chi connectivity index (χ1) is 8.22. The highest BCUT2D eigenvalue weighted by Gasteiger charge is 2.00. The van der Waals surface area contributed by atoms with Crippen molar-refractivity contribution in [3.8, 4) is 0 Å². The van der Waals surface area contributed by atoms with Gasteiger partial charge < -0.3 is 10.1 Å². The van der Waals surface area contributed by atoms with Crippen LogP contribution in [0.4, 0.5) is 0 Å². The Labute approximate surface area is 102 Å². The van der Waals surface area contributed by atoms with Gasteiger partial charge in [0.1, 0.15) is 0 Å². The Kier molecular flexibility index (Phi) is 6.32. The molecule has 0 aliphatic heterocycles. The maximum atomic E-state index is 11.0. The average molecular weight is 239 g/mol. The number of rotatable bonds is 8. The summed E-state index contributed by atoms with van der Waals surface area (Å²) in [6.45, 7) is 4.05. The second-order valence-electron chi connectivity index (χ2n) is 3.93. The summed E-state index contributed by atoms with van der Waals surface area (Å²) in [7, 11) is 1.91. The lowest BCUT2D eigenvalue weighted by atomic mass is 10.2. The van der Waals surface area contributed by atoms with E-state index >= 15 is 0 Å². The second kappa shape index (κ2) is 7.84. The SMILES string of the molecule is CCOC(=O)CCCNCCc1cnn(C)c1. The van der Waals surface area contributed by atoms with Gasteiger partial charge in [-0.1, -0.05) is 0 Å². The van der Waals surface area contributed by atoms with Crippen LogP contribution in [-0.2, 0) is 23.0 Å². The van der Waals surface area contributed by atoms with Crippen molar-refractivity contribution >= 4 is 5.97 Å². The number of esters is 1. The Bertz CT molecular complexity index is 336. The molecule has 5 nitrogen and oxygen atoms in total. The van der Waals surface area contributed by atoms with E-state index in [0.29, 0.717) is 13.0 Å². The van der Waals surface area contributed by atoms with Gasteiger partial charge in [-0.2, -0.15) is 5.10 Å². The molecule has 1 N–H and O–H groups in total. The lowest BCUT2D eigenvalue weighted by molar-refractivity contribution is -0.143. The molecule has 5 heteroatoms. The smallest absolute Gasteiger partial charge is 0.305 e. The van der Waals surface area contributed by atoms with Gasteiger partial charge in [0.05, 0.1) is 12.8 Å². The van der Waals surface area contributed by atoms with Crippen LogP contribution in [0.3, 0.4) is 0 Å². The van der Waals surface area contributed by atoms with Crippen molar-refractivity contribution in [3.05, 3.63) is 18.0 Å². The van der Waals surface area contributed by atoms with Gasteiger partial charge in [-0.05, 0) is 38.4 Å². The molecule has 1 aromatic rings. The Morgan fingerprint density at radius 1 is 1.53 bits per heavy atom. The number of hydrogen-bond donors (Lipinski definition) is 1. The van der Waals surface area contributed by atoms with E-state index in [1.54, 1.807) is 4.68 Å². The molecule has 0 amide bonds. The van der Waals surface area contributed by atoms with Crippen molar-refractivity contribution < 1.29 is 9.53 Å². The van der Waals surface area contributed by atoms with E-state index in [4.69, 9.17) is 4.74 Å². The molecule has 1 aromatic heterocycles. The molecule has 0 spiro atoms. The molecule has 1 rings (SSSR count). The van der Waals surface area contributed by atoms with Crippen molar-refractivity contribution in [2.24, 2.45) is 7.05 Å². The maximum Gasteiger partial charge on any atom is 0.305 e. The van der Waals surface area contributed by atoms with Gasteiger partial charge in [0.2, 0.25) is 0 Å². The van der Waals surface area contributed by atoms with Gasteiger partial charge >= 0.3 is 5.97 Å². The third-order valence-corrected chi connectivity index (χ3v) is 2.39. The van der Waals surface area contributed by atoms with E-state index in [-0.39, 0.29) is 5.97 Å². The zero-order valence-corrected chi connectivity index (χ0v) is 10.6. The molecule has 0 saturated heterocycles. The lowest BCUT2D eigenvalue weighted by Crippen LogP contribution is -2.19. The summed E-state index contributed by atoms with van der Waals surface area (Å²) >= 11 is 0. The summed E-state index contributed by atoms with van der Waals surface area (Å²) in [6.07, 6.45) is 6.17. The molecular weight excluding hydrogens is 218 g/mol. The Morgan fingerprint density at radius 3 is 3.00 bits per heavy atom. The van der Waals surface area contributed by atoms with Gasteiger partial charge in [-0.25, -0.2) is 0 Å². The standard InChI is InChI=1S/C12H21N3O2/c1-3-17-12(16)5-4-7-13-8-6-11-9-14-15(2)10-11/h9-10,13H,3-8H2,1-2H3. The minimum atomic E-state index is -0.110. The van der Waals surface area contributed by atoms with Gasteiger partial charge in [-0.15, -0.1) is 0 Å². The highest BCUT2D eigenvalue weighted by atomic mass is 16.5. The normalized spacial score (nSPS) is 10.5. The number of ether oxygens (including phenoxy) is 1. The predicted octanol–water partition coefficient (Wildman–Crippen LogP) is 0.895. The van der Waals surface area contributed by atoms with Crippen LogP contribution in [0.5, 0.6) is 0 Å². The van der Waals surface area contributed by atoms with Crippen LogP contribution in [0.2, 0.25) is 0 Å². The first-order valence-electron chi connectivity index (χ1n) is 6.06. The van der Waals surface area contributed by atoms with E-state index < -0.39 is 0 Å². The molecule has 0 radical (unpaired) electrons. The summed E-state index contributed by atoms with van der Waals surface area (Å²) in [4.78, 5) is 11.0. The van der Waals surface area contributed by atoms with E-state index in [1.807, 2.05) is 26.4 Å². The van der Waals surface area contributed by atoms with Crippen LogP contribution in [0.25, 0.3) is 0 Å². The molecule has 0 unspecified atom stereocenters. The van der Waals surface area contributed by atoms with Crippen molar-refractivity contribution in [1.82, 2.24) is 15.1 Å². The van der Waals surface area contributed by atoms with Gasteiger partial charge in [0, 0.05) is 19.7 Å². The fourth-order valence-corrected chi connectivity index (χ4v) is 1.55. The van der Waals surface area contributed by atoms with Gasteiger partial charge in [0.25, 0.3) is 0 Å². The summed E-state index contributed by atoms with van der Waals surface area (Å²) in [5.41, 5.74) is 1.23. The monoisotopic (exact) mass is 239 g/mol. The van der Waals surface area contributed by atoms with Crippen LogP contribution in [0, 0.1) is 0 Å². The first kappa shape index (κ1) is 13.7. The second-order valence-corrected chi connectivity index (χ2v) is 3.93. The van der Waals surface area contributed by atoms with Gasteiger partial charge in [0.15, 0.2) is 0 Å². The minimum absolute atomic E-state index is 0.110. The largest absolute Gasteiger partial charge is 0.466 e. The molecule has 0 bridgehead atoms. The topological polar surface area (TPSA) is 56.1 Å². The third kappa shape index (κ3) is 6.06. The fraction of sp³-hybridized carbons (Fsp3) is 0.667. The Balaban J connectivity index is 1.96. The molecule has 1 heterocycles.